The Bertz CT molecular complexity index is 1220. The maximum Gasteiger partial charge on any atom is 0.258 e. The summed E-state index contributed by atoms with van der Waals surface area (Å²) in [5.41, 5.74) is 2.00. The van der Waals surface area contributed by atoms with Crippen LogP contribution in [0, 0.1) is 11.6 Å². The van der Waals surface area contributed by atoms with Crippen molar-refractivity contribution in [2.45, 2.75) is 45.7 Å². The molecule has 2 unspecified atom stereocenters. The van der Waals surface area contributed by atoms with Gasteiger partial charge < -0.3 is 9.80 Å². The van der Waals surface area contributed by atoms with Gasteiger partial charge in [-0.2, -0.15) is 0 Å². The Morgan fingerprint density at radius 1 is 1.06 bits per heavy atom. The summed E-state index contributed by atoms with van der Waals surface area (Å²) < 4.78 is 28.9. The van der Waals surface area contributed by atoms with Gasteiger partial charge in [-0.1, -0.05) is 36.7 Å². The second kappa shape index (κ2) is 9.55. The molecule has 0 aromatic heterocycles. The van der Waals surface area contributed by atoms with Crippen LogP contribution < -0.4 is 9.80 Å². The minimum Gasteiger partial charge on any atom is -0.305 e. The van der Waals surface area contributed by atoms with E-state index in [2.05, 4.69) is 0 Å². The Kier molecular flexibility index (Phi) is 6.71. The van der Waals surface area contributed by atoms with Crippen molar-refractivity contribution in [3.05, 3.63) is 94.0 Å². The van der Waals surface area contributed by atoms with E-state index in [9.17, 15) is 18.4 Å². The highest BCUT2D eigenvalue weighted by Crippen LogP contribution is 2.43. The average Bonchev–Trinajstić information content (AvgIpc) is 2.80. The number of benzene rings is 3. The predicted octanol–water partition coefficient (Wildman–Crippen LogP) is 6.71. The molecule has 0 bridgehead atoms. The molecule has 1 aliphatic rings. The van der Waals surface area contributed by atoms with Crippen molar-refractivity contribution in [3.8, 4) is 0 Å². The lowest BCUT2D eigenvalue weighted by atomic mass is 9.89. The van der Waals surface area contributed by atoms with Crippen LogP contribution in [-0.2, 0) is 11.2 Å². The van der Waals surface area contributed by atoms with Crippen molar-refractivity contribution in [3.63, 3.8) is 0 Å². The normalized spacial score (nSPS) is 17.3. The van der Waals surface area contributed by atoms with Crippen LogP contribution in [0.25, 0.3) is 0 Å². The van der Waals surface area contributed by atoms with Gasteiger partial charge in [-0.15, -0.1) is 0 Å². The van der Waals surface area contributed by atoms with Crippen LogP contribution in [0.2, 0.25) is 5.02 Å². The molecule has 1 aliphatic heterocycles. The molecule has 3 aromatic carbocycles. The van der Waals surface area contributed by atoms with Gasteiger partial charge in [-0.05, 0) is 67.8 Å². The van der Waals surface area contributed by atoms with Crippen LogP contribution in [-0.4, -0.2) is 17.9 Å². The second-order valence-electron chi connectivity index (χ2n) is 8.47. The predicted molar refractivity (Wildman–Crippen MR) is 130 cm³/mol. The first kappa shape index (κ1) is 23.9. The summed E-state index contributed by atoms with van der Waals surface area (Å²) in [6, 6.07) is 15.9. The van der Waals surface area contributed by atoms with E-state index in [1.165, 1.54) is 6.92 Å². The maximum atomic E-state index is 14.4. The van der Waals surface area contributed by atoms with Crippen LogP contribution >= 0.6 is 11.6 Å². The Hall–Kier alpha value is -3.25. The van der Waals surface area contributed by atoms with Crippen LogP contribution in [0.5, 0.6) is 0 Å². The zero-order valence-corrected chi connectivity index (χ0v) is 19.9. The van der Waals surface area contributed by atoms with E-state index >= 15 is 0 Å². The summed E-state index contributed by atoms with van der Waals surface area (Å²) in [6.07, 6.45) is 0.644. The van der Waals surface area contributed by atoms with Crippen molar-refractivity contribution >= 4 is 34.8 Å². The van der Waals surface area contributed by atoms with Gasteiger partial charge in [-0.25, -0.2) is 8.78 Å². The molecule has 0 N–H and O–H groups in total. The van der Waals surface area contributed by atoms with Gasteiger partial charge in [0.15, 0.2) is 0 Å². The van der Waals surface area contributed by atoms with Gasteiger partial charge >= 0.3 is 0 Å². The summed E-state index contributed by atoms with van der Waals surface area (Å²) in [4.78, 5) is 29.5. The lowest BCUT2D eigenvalue weighted by molar-refractivity contribution is -0.117. The topological polar surface area (TPSA) is 40.6 Å². The van der Waals surface area contributed by atoms with Crippen molar-refractivity contribution in [2.24, 2.45) is 0 Å². The van der Waals surface area contributed by atoms with Crippen LogP contribution in [0.3, 0.4) is 0 Å². The molecule has 7 heteroatoms. The number of hydrogen-bond donors (Lipinski definition) is 0. The molecule has 176 valence electrons. The van der Waals surface area contributed by atoms with E-state index < -0.39 is 17.5 Å². The molecular formula is C27H25ClF2N2O2. The molecule has 34 heavy (non-hydrogen) atoms. The molecular weight excluding hydrogens is 458 g/mol. The summed E-state index contributed by atoms with van der Waals surface area (Å²) in [6.45, 7) is 5.03. The van der Waals surface area contributed by atoms with Crippen LogP contribution in [0.15, 0.2) is 60.7 Å². The molecule has 0 saturated heterocycles. The molecule has 0 aliphatic carbocycles. The lowest BCUT2D eigenvalue weighted by Gasteiger charge is -2.43. The Morgan fingerprint density at radius 3 is 2.26 bits per heavy atom. The first-order chi connectivity index (χ1) is 16.2. The number of nitrogens with zero attached hydrogens (tertiary/aromatic N) is 2. The van der Waals surface area contributed by atoms with Crippen molar-refractivity contribution in [2.75, 3.05) is 9.80 Å². The van der Waals surface area contributed by atoms with Gasteiger partial charge in [0.2, 0.25) is 5.91 Å². The number of para-hydroxylation sites is 1. The van der Waals surface area contributed by atoms with E-state index in [-0.39, 0.29) is 35.5 Å². The first-order valence-electron chi connectivity index (χ1n) is 11.2. The van der Waals surface area contributed by atoms with Gasteiger partial charge in [-0.3, -0.25) is 9.59 Å². The molecule has 0 spiro atoms. The summed E-state index contributed by atoms with van der Waals surface area (Å²) in [5, 5.41) is 0.565. The number of carbonyl (C=O) groups excluding carboxylic acids is 2. The van der Waals surface area contributed by atoms with Gasteiger partial charge in [0.25, 0.3) is 5.91 Å². The molecule has 0 fully saturated rings. The van der Waals surface area contributed by atoms with E-state index in [1.54, 1.807) is 53.1 Å². The van der Waals surface area contributed by atoms with E-state index in [0.717, 1.165) is 17.7 Å². The second-order valence-corrected chi connectivity index (χ2v) is 8.91. The summed E-state index contributed by atoms with van der Waals surface area (Å²) >= 11 is 6.04. The quantitative estimate of drug-likeness (QED) is 0.414. The van der Waals surface area contributed by atoms with Gasteiger partial charge in [0.05, 0.1) is 6.04 Å². The number of carbonyl (C=O) groups is 2. The zero-order chi connectivity index (χ0) is 24.6. The highest BCUT2D eigenvalue weighted by atomic mass is 35.5. The zero-order valence-electron chi connectivity index (χ0n) is 19.2. The molecule has 0 radical (unpaired) electrons. The maximum absolute atomic E-state index is 14.4. The fraction of sp³-hybridized carbons (Fsp3) is 0.259. The minimum atomic E-state index is -0.729. The highest BCUT2D eigenvalue weighted by molar-refractivity contribution is 6.30. The molecule has 2 amide bonds. The minimum absolute atomic E-state index is 0.0382. The highest BCUT2D eigenvalue weighted by Gasteiger charge is 2.38. The third-order valence-electron chi connectivity index (χ3n) is 6.28. The standard InChI is InChI=1S/C27H25ClF2N2O2/c1-4-21-23(29)14-18(15-24(21)30)27(34)31-16(2)13-26(22-7-5-6-8-25(22)31)32(17(3)33)20-11-9-19(28)10-12-20/h5-12,14-16,26H,4,13H2,1-3H3. The van der Waals surface area contributed by atoms with Crippen LogP contribution in [0.4, 0.5) is 20.2 Å². The number of amides is 2. The smallest absolute Gasteiger partial charge is 0.258 e. The Morgan fingerprint density at radius 2 is 1.68 bits per heavy atom. The number of rotatable bonds is 4. The van der Waals surface area contributed by atoms with E-state index in [4.69, 9.17) is 11.6 Å². The number of hydrogen-bond acceptors (Lipinski definition) is 2. The SMILES string of the molecule is CCc1c(F)cc(C(=O)N2c3ccccc3C(N(C(C)=O)c3ccc(Cl)cc3)CC2C)cc1F. The molecule has 2 atom stereocenters. The van der Waals surface area contributed by atoms with Crippen molar-refractivity contribution < 1.29 is 18.4 Å². The summed E-state index contributed by atoms with van der Waals surface area (Å²) in [5.74, 6) is -2.09. The Balaban J connectivity index is 1.78. The van der Waals surface area contributed by atoms with Crippen molar-refractivity contribution in [1.82, 2.24) is 0 Å². The monoisotopic (exact) mass is 482 g/mol. The van der Waals surface area contributed by atoms with E-state index in [1.807, 2.05) is 19.1 Å². The third-order valence-corrected chi connectivity index (χ3v) is 6.53. The number of halogens is 3. The average molecular weight is 483 g/mol. The first-order valence-corrected chi connectivity index (χ1v) is 11.6. The fourth-order valence-electron chi connectivity index (χ4n) is 4.72. The van der Waals surface area contributed by atoms with Gasteiger partial charge in [0, 0.05) is 40.5 Å². The molecule has 3 aromatic rings. The molecule has 1 heterocycles. The summed E-state index contributed by atoms with van der Waals surface area (Å²) in [7, 11) is 0. The number of fused-ring (bicyclic) bond motifs is 1. The van der Waals surface area contributed by atoms with Gasteiger partial charge in [0.1, 0.15) is 11.6 Å². The number of anilines is 2. The Labute approximate surface area is 202 Å². The molecule has 4 nitrogen and oxygen atoms in total. The third kappa shape index (κ3) is 4.30. The van der Waals surface area contributed by atoms with Crippen LogP contribution in [0.1, 0.15) is 54.7 Å². The lowest BCUT2D eigenvalue weighted by Crippen LogP contribution is -2.47. The van der Waals surface area contributed by atoms with E-state index in [0.29, 0.717) is 22.8 Å². The fourth-order valence-corrected chi connectivity index (χ4v) is 4.85. The molecule has 4 rings (SSSR count). The largest absolute Gasteiger partial charge is 0.305 e. The molecule has 0 saturated carbocycles. The van der Waals surface area contributed by atoms with Crippen molar-refractivity contribution in [1.29, 1.82) is 0 Å².